The van der Waals surface area contributed by atoms with Crippen molar-refractivity contribution < 1.29 is 27.2 Å². The Labute approximate surface area is 116 Å². The lowest BCUT2D eigenvalue weighted by Gasteiger charge is -2.29. The molecule has 0 aliphatic heterocycles. The van der Waals surface area contributed by atoms with E-state index < -0.39 is 21.3 Å². The molecule has 0 radical (unpaired) electrons. The zero-order valence-corrected chi connectivity index (χ0v) is 13.4. The summed E-state index contributed by atoms with van der Waals surface area (Å²) in [7, 11) is -3.27. The van der Waals surface area contributed by atoms with Crippen molar-refractivity contribution in [3.63, 3.8) is 0 Å². The summed E-state index contributed by atoms with van der Waals surface area (Å²) in [6, 6.07) is 0. The van der Waals surface area contributed by atoms with Crippen molar-refractivity contribution >= 4 is 15.0 Å². The van der Waals surface area contributed by atoms with Crippen LogP contribution in [0.2, 0.25) is 0 Å². The van der Waals surface area contributed by atoms with Crippen molar-refractivity contribution in [2.45, 2.75) is 40.9 Å². The molecule has 0 aliphatic carbocycles. The Bertz CT molecular complexity index is 277. The lowest BCUT2D eigenvalue weighted by molar-refractivity contribution is -0.169. The van der Waals surface area contributed by atoms with Crippen molar-refractivity contribution in [1.29, 1.82) is 0 Å². The molecular weight excluding hydrogens is 268 g/mol. The summed E-state index contributed by atoms with van der Waals surface area (Å²) in [4.78, 5) is 11.4. The molecular formula is C12H24O6Si. The van der Waals surface area contributed by atoms with Gasteiger partial charge < -0.3 is 22.4 Å². The van der Waals surface area contributed by atoms with Gasteiger partial charge in [0.2, 0.25) is 0 Å². The summed E-state index contributed by atoms with van der Waals surface area (Å²) in [5.74, 6) is -0.528. The molecule has 0 aliphatic rings. The van der Waals surface area contributed by atoms with E-state index >= 15 is 0 Å². The molecule has 0 spiro atoms. The Hall–Kier alpha value is -0.733. The molecule has 0 N–H and O–H groups in total. The molecule has 1 atom stereocenters. The maximum Gasteiger partial charge on any atom is 0.682 e. The lowest BCUT2D eigenvalue weighted by atomic mass is 10.4. The van der Waals surface area contributed by atoms with Gasteiger partial charge in [-0.25, -0.2) is 4.79 Å². The van der Waals surface area contributed by atoms with Crippen LogP contribution < -0.4 is 0 Å². The fraction of sp³-hybridized carbons (Fsp3) is 0.750. The molecule has 0 aromatic carbocycles. The van der Waals surface area contributed by atoms with Crippen molar-refractivity contribution in [2.24, 2.45) is 0 Å². The van der Waals surface area contributed by atoms with Gasteiger partial charge >= 0.3 is 15.0 Å². The van der Waals surface area contributed by atoms with E-state index in [1.807, 2.05) is 20.8 Å². The second kappa shape index (κ2) is 9.22. The third kappa shape index (κ3) is 6.83. The molecule has 19 heavy (non-hydrogen) atoms. The van der Waals surface area contributed by atoms with Crippen LogP contribution in [0.25, 0.3) is 0 Å². The van der Waals surface area contributed by atoms with E-state index in [4.69, 9.17) is 22.4 Å². The first-order chi connectivity index (χ1) is 8.90. The van der Waals surface area contributed by atoms with Gasteiger partial charge in [-0.05, 0) is 34.6 Å². The molecule has 0 rings (SSSR count). The molecule has 0 fully saturated rings. The minimum atomic E-state index is -3.27. The van der Waals surface area contributed by atoms with Crippen LogP contribution in [0.15, 0.2) is 12.2 Å². The van der Waals surface area contributed by atoms with Gasteiger partial charge in [0.15, 0.2) is 6.29 Å². The highest BCUT2D eigenvalue weighted by molar-refractivity contribution is 6.53. The fourth-order valence-electron chi connectivity index (χ4n) is 1.24. The molecule has 0 aromatic rings. The molecule has 0 amide bonds. The summed E-state index contributed by atoms with van der Waals surface area (Å²) >= 11 is 0. The Morgan fingerprint density at radius 2 is 1.53 bits per heavy atom. The van der Waals surface area contributed by atoms with E-state index in [1.54, 1.807) is 13.8 Å². The summed E-state index contributed by atoms with van der Waals surface area (Å²) in [5, 5.41) is 0. The van der Waals surface area contributed by atoms with E-state index in [1.165, 1.54) is 0 Å². The molecule has 0 bridgehead atoms. The third-order valence-electron chi connectivity index (χ3n) is 1.90. The minimum absolute atomic E-state index is 0.298. The van der Waals surface area contributed by atoms with Gasteiger partial charge in [0.1, 0.15) is 0 Å². The van der Waals surface area contributed by atoms with E-state index in [0.29, 0.717) is 25.4 Å². The predicted molar refractivity (Wildman–Crippen MR) is 72.1 cm³/mol. The molecule has 6 nitrogen and oxygen atoms in total. The minimum Gasteiger partial charge on any atom is -0.434 e. The van der Waals surface area contributed by atoms with Gasteiger partial charge in [-0.1, -0.05) is 6.58 Å². The van der Waals surface area contributed by atoms with Gasteiger partial charge in [0, 0.05) is 25.4 Å². The number of hydrogen-bond acceptors (Lipinski definition) is 6. The zero-order valence-electron chi connectivity index (χ0n) is 12.4. The number of esters is 1. The summed E-state index contributed by atoms with van der Waals surface area (Å²) in [6.45, 7) is 13.2. The molecule has 0 saturated heterocycles. The first-order valence-electron chi connectivity index (χ1n) is 6.36. The average molecular weight is 292 g/mol. The number of rotatable bonds is 10. The third-order valence-corrected chi connectivity index (χ3v) is 4.44. The van der Waals surface area contributed by atoms with E-state index in [2.05, 4.69) is 6.58 Å². The van der Waals surface area contributed by atoms with E-state index in [0.717, 1.165) is 0 Å². The molecule has 0 aromatic heterocycles. The van der Waals surface area contributed by atoms with Crippen molar-refractivity contribution in [2.75, 3.05) is 19.8 Å². The predicted octanol–water partition coefficient (Wildman–Crippen LogP) is 2.01. The zero-order chi connectivity index (χ0) is 14.9. The summed E-state index contributed by atoms with van der Waals surface area (Å²) in [5.41, 5.74) is 0.298. The highest BCUT2D eigenvalue weighted by Gasteiger charge is 2.47. The van der Waals surface area contributed by atoms with Crippen LogP contribution in [0.4, 0.5) is 0 Å². The Kier molecular flexibility index (Phi) is 8.86. The first-order valence-corrected chi connectivity index (χ1v) is 8.00. The Morgan fingerprint density at radius 3 is 1.84 bits per heavy atom. The van der Waals surface area contributed by atoms with Crippen LogP contribution in [0.3, 0.4) is 0 Å². The van der Waals surface area contributed by atoms with Gasteiger partial charge in [-0.3, -0.25) is 0 Å². The number of hydrogen-bond donors (Lipinski definition) is 0. The lowest BCUT2D eigenvalue weighted by Crippen LogP contribution is -2.51. The smallest absolute Gasteiger partial charge is 0.434 e. The number of carbonyl (C=O) groups excluding carboxylic acids is 1. The quantitative estimate of drug-likeness (QED) is 0.266. The second-order valence-electron chi connectivity index (χ2n) is 3.67. The highest BCUT2D eigenvalue weighted by atomic mass is 28.4. The number of carbonyl (C=O) groups is 1. The molecule has 0 saturated carbocycles. The molecule has 0 heterocycles. The van der Waals surface area contributed by atoms with Crippen LogP contribution in [0.1, 0.15) is 34.6 Å². The average Bonchev–Trinajstić information content (AvgIpc) is 2.29. The van der Waals surface area contributed by atoms with Crippen LogP contribution in [-0.2, 0) is 27.2 Å². The SMILES string of the molecule is C=C(C)C(=O)OC(C)O[Si](OCC)(OCC)OCC. The normalized spacial score (nSPS) is 13.1. The van der Waals surface area contributed by atoms with Crippen LogP contribution in [0, 0.1) is 0 Å². The van der Waals surface area contributed by atoms with Gasteiger partial charge in [0.25, 0.3) is 0 Å². The maximum atomic E-state index is 11.4. The van der Waals surface area contributed by atoms with Gasteiger partial charge in [0.05, 0.1) is 0 Å². The Balaban J connectivity index is 4.68. The summed E-state index contributed by atoms with van der Waals surface area (Å²) in [6.07, 6.45) is -0.833. The Morgan fingerprint density at radius 1 is 1.11 bits per heavy atom. The summed E-state index contributed by atoms with van der Waals surface area (Å²) < 4.78 is 27.1. The van der Waals surface area contributed by atoms with Gasteiger partial charge in [-0.2, -0.15) is 0 Å². The first kappa shape index (κ1) is 18.3. The maximum absolute atomic E-state index is 11.4. The van der Waals surface area contributed by atoms with Crippen molar-refractivity contribution in [3.05, 3.63) is 12.2 Å². The fourth-order valence-corrected chi connectivity index (χ4v) is 3.21. The highest BCUT2D eigenvalue weighted by Crippen LogP contribution is 2.15. The van der Waals surface area contributed by atoms with Crippen molar-refractivity contribution in [3.8, 4) is 0 Å². The van der Waals surface area contributed by atoms with Crippen LogP contribution in [0.5, 0.6) is 0 Å². The monoisotopic (exact) mass is 292 g/mol. The standard InChI is InChI=1S/C12H24O6Si/c1-7-14-19(15-8-2,16-9-3)18-11(6)17-12(13)10(4)5/h11H,4,7-9H2,1-3,5-6H3. The topological polar surface area (TPSA) is 63.2 Å². The molecule has 7 heteroatoms. The van der Waals surface area contributed by atoms with Crippen molar-refractivity contribution in [1.82, 2.24) is 0 Å². The molecule has 112 valence electrons. The van der Waals surface area contributed by atoms with Crippen LogP contribution >= 0.6 is 0 Å². The van der Waals surface area contributed by atoms with E-state index in [-0.39, 0.29) is 0 Å². The number of ether oxygens (including phenoxy) is 1. The van der Waals surface area contributed by atoms with Gasteiger partial charge in [-0.15, -0.1) is 0 Å². The van der Waals surface area contributed by atoms with Crippen LogP contribution in [-0.4, -0.2) is 41.1 Å². The second-order valence-corrected chi connectivity index (χ2v) is 5.77. The molecule has 1 unspecified atom stereocenters. The van der Waals surface area contributed by atoms with E-state index in [9.17, 15) is 4.79 Å². The largest absolute Gasteiger partial charge is 0.682 e.